The Morgan fingerprint density at radius 2 is 1.83 bits per heavy atom. The Bertz CT molecular complexity index is 513. The van der Waals surface area contributed by atoms with Gasteiger partial charge in [0, 0.05) is 18.3 Å². The van der Waals surface area contributed by atoms with Gasteiger partial charge in [0.1, 0.15) is 5.82 Å². The van der Waals surface area contributed by atoms with Gasteiger partial charge in [-0.25, -0.2) is 0 Å². The summed E-state index contributed by atoms with van der Waals surface area (Å²) in [6.07, 6.45) is 5.78. The molecule has 2 aromatic heterocycles. The van der Waals surface area contributed by atoms with Crippen molar-refractivity contribution in [3.05, 3.63) is 29.3 Å². The van der Waals surface area contributed by atoms with Gasteiger partial charge in [-0.1, -0.05) is 6.92 Å². The third-order valence-electron chi connectivity index (χ3n) is 3.08. The van der Waals surface area contributed by atoms with E-state index in [1.165, 1.54) is 11.1 Å². The van der Waals surface area contributed by atoms with Gasteiger partial charge >= 0.3 is 0 Å². The molecule has 0 aromatic carbocycles. The van der Waals surface area contributed by atoms with Gasteiger partial charge in [0.05, 0.1) is 0 Å². The summed E-state index contributed by atoms with van der Waals surface area (Å²) in [7, 11) is 0. The number of nitrogens with one attached hydrogen (secondary N) is 1. The fraction of sp³-hybridized carbons (Fsp3) is 0.417. The summed E-state index contributed by atoms with van der Waals surface area (Å²) < 4.78 is 0. The van der Waals surface area contributed by atoms with Crippen LogP contribution in [-0.2, 0) is 6.42 Å². The first-order chi connectivity index (χ1) is 8.60. The van der Waals surface area contributed by atoms with E-state index in [0.717, 1.165) is 12.8 Å². The fourth-order valence-electron chi connectivity index (χ4n) is 1.99. The lowest BCUT2D eigenvalue weighted by molar-refractivity contribution is 0.615. The first-order valence-electron chi connectivity index (χ1n) is 5.99. The molecule has 5 N–H and O–H groups in total. The lowest BCUT2D eigenvalue weighted by Gasteiger charge is -2.13. The Labute approximate surface area is 106 Å². The van der Waals surface area contributed by atoms with E-state index in [1.807, 2.05) is 12.4 Å². The van der Waals surface area contributed by atoms with Gasteiger partial charge in [-0.15, -0.1) is 0 Å². The van der Waals surface area contributed by atoms with Crippen LogP contribution in [0, 0.1) is 6.92 Å². The summed E-state index contributed by atoms with van der Waals surface area (Å²) in [6, 6.07) is 0. The van der Waals surface area contributed by atoms with E-state index in [-0.39, 0.29) is 17.8 Å². The number of aryl methyl sites for hydroxylation is 1. The molecule has 96 valence electrons. The molecule has 0 radical (unpaired) electrons. The monoisotopic (exact) mass is 246 g/mol. The molecule has 0 amide bonds. The Kier molecular flexibility index (Phi) is 3.45. The molecule has 0 fully saturated rings. The zero-order valence-electron chi connectivity index (χ0n) is 10.6. The van der Waals surface area contributed by atoms with Crippen molar-refractivity contribution in [3.63, 3.8) is 0 Å². The molecule has 2 rings (SSSR count). The highest BCUT2D eigenvalue weighted by molar-refractivity contribution is 5.29. The van der Waals surface area contributed by atoms with Crippen LogP contribution in [-0.4, -0.2) is 19.9 Å². The third-order valence-corrected chi connectivity index (χ3v) is 3.08. The molecule has 0 bridgehead atoms. The van der Waals surface area contributed by atoms with Crippen LogP contribution < -0.4 is 11.5 Å². The normalized spacial score (nSPS) is 12.6. The fourth-order valence-corrected chi connectivity index (χ4v) is 1.99. The molecule has 2 heterocycles. The van der Waals surface area contributed by atoms with Crippen molar-refractivity contribution in [1.29, 1.82) is 0 Å². The highest BCUT2D eigenvalue weighted by Crippen LogP contribution is 2.23. The highest BCUT2D eigenvalue weighted by Gasteiger charge is 2.16. The van der Waals surface area contributed by atoms with Crippen molar-refractivity contribution in [2.75, 3.05) is 11.5 Å². The van der Waals surface area contributed by atoms with Crippen molar-refractivity contribution in [1.82, 2.24) is 19.9 Å². The summed E-state index contributed by atoms with van der Waals surface area (Å²) in [4.78, 5) is 15.3. The molecule has 1 unspecified atom stereocenters. The molecule has 6 nitrogen and oxygen atoms in total. The average Bonchev–Trinajstić information content (AvgIpc) is 2.70. The van der Waals surface area contributed by atoms with Gasteiger partial charge in [-0.2, -0.15) is 15.0 Å². The van der Waals surface area contributed by atoms with E-state index in [1.54, 1.807) is 0 Å². The molecule has 0 aliphatic heterocycles. The quantitative estimate of drug-likeness (QED) is 0.756. The van der Waals surface area contributed by atoms with Gasteiger partial charge in [0.25, 0.3) is 0 Å². The Hall–Kier alpha value is -2.11. The van der Waals surface area contributed by atoms with Crippen LogP contribution in [0.5, 0.6) is 0 Å². The van der Waals surface area contributed by atoms with Crippen LogP contribution in [0.3, 0.4) is 0 Å². The van der Waals surface area contributed by atoms with E-state index in [4.69, 9.17) is 11.5 Å². The Balaban J connectivity index is 2.25. The predicted molar refractivity (Wildman–Crippen MR) is 70.9 cm³/mol. The maximum Gasteiger partial charge on any atom is 0.225 e. The molecule has 18 heavy (non-hydrogen) atoms. The zero-order chi connectivity index (χ0) is 13.1. The molecule has 6 heteroatoms. The first-order valence-corrected chi connectivity index (χ1v) is 5.99. The number of hydrogen-bond donors (Lipinski definition) is 3. The number of H-pyrrole nitrogens is 1. The van der Waals surface area contributed by atoms with Crippen LogP contribution in [0.4, 0.5) is 11.9 Å². The van der Waals surface area contributed by atoms with Crippen molar-refractivity contribution < 1.29 is 0 Å². The van der Waals surface area contributed by atoms with Crippen LogP contribution in [0.25, 0.3) is 0 Å². The number of aromatic nitrogens is 4. The van der Waals surface area contributed by atoms with Gasteiger partial charge < -0.3 is 16.5 Å². The maximum atomic E-state index is 5.61. The van der Waals surface area contributed by atoms with E-state index < -0.39 is 0 Å². The van der Waals surface area contributed by atoms with Gasteiger partial charge in [0.2, 0.25) is 11.9 Å². The lowest BCUT2D eigenvalue weighted by atomic mass is 9.96. The third kappa shape index (κ3) is 2.58. The standard InChI is InChI=1S/C12H18N6/c1-3-8(4-9-6-15-5-7(9)2)10-16-11(13)18-12(14)17-10/h5-6,8,15H,3-4H2,1-2H3,(H4,13,14,16,17,18). The summed E-state index contributed by atoms with van der Waals surface area (Å²) in [5, 5.41) is 0. The van der Waals surface area contributed by atoms with E-state index in [9.17, 15) is 0 Å². The highest BCUT2D eigenvalue weighted by atomic mass is 15.1. The first kappa shape index (κ1) is 12.3. The topological polar surface area (TPSA) is 106 Å². The summed E-state index contributed by atoms with van der Waals surface area (Å²) in [5.74, 6) is 1.23. The molecule has 0 aliphatic rings. The summed E-state index contributed by atoms with van der Waals surface area (Å²) in [6.45, 7) is 4.18. The predicted octanol–water partition coefficient (Wildman–Crippen LogP) is 1.41. The number of aromatic amines is 1. The zero-order valence-corrected chi connectivity index (χ0v) is 10.6. The molecule has 0 saturated carbocycles. The number of nitrogen functional groups attached to an aromatic ring is 2. The maximum absolute atomic E-state index is 5.61. The van der Waals surface area contributed by atoms with E-state index in [2.05, 4.69) is 33.8 Å². The second-order valence-electron chi connectivity index (χ2n) is 4.38. The van der Waals surface area contributed by atoms with Crippen molar-refractivity contribution in [2.45, 2.75) is 32.6 Å². The lowest BCUT2D eigenvalue weighted by Crippen LogP contribution is -2.12. The van der Waals surface area contributed by atoms with E-state index >= 15 is 0 Å². The van der Waals surface area contributed by atoms with Crippen LogP contribution in [0.2, 0.25) is 0 Å². The minimum Gasteiger partial charge on any atom is -0.368 e. The minimum absolute atomic E-state index is 0.182. The second-order valence-corrected chi connectivity index (χ2v) is 4.38. The second kappa shape index (κ2) is 5.03. The molecule has 0 spiro atoms. The van der Waals surface area contributed by atoms with Crippen molar-refractivity contribution in [3.8, 4) is 0 Å². The van der Waals surface area contributed by atoms with Crippen LogP contribution in [0.15, 0.2) is 12.4 Å². The van der Waals surface area contributed by atoms with E-state index in [0.29, 0.717) is 5.82 Å². The molecular weight excluding hydrogens is 228 g/mol. The van der Waals surface area contributed by atoms with Crippen LogP contribution >= 0.6 is 0 Å². The number of nitrogens with two attached hydrogens (primary N) is 2. The molecule has 0 saturated heterocycles. The molecule has 0 aliphatic carbocycles. The van der Waals surface area contributed by atoms with Gasteiger partial charge in [-0.3, -0.25) is 0 Å². The Morgan fingerprint density at radius 3 is 2.33 bits per heavy atom. The summed E-state index contributed by atoms with van der Waals surface area (Å²) >= 11 is 0. The Morgan fingerprint density at radius 1 is 1.17 bits per heavy atom. The smallest absolute Gasteiger partial charge is 0.225 e. The van der Waals surface area contributed by atoms with Gasteiger partial charge in [-0.05, 0) is 30.9 Å². The number of anilines is 2. The number of nitrogens with zero attached hydrogens (tertiary/aromatic N) is 3. The molecular formula is C12H18N6. The van der Waals surface area contributed by atoms with Gasteiger partial charge in [0.15, 0.2) is 0 Å². The summed E-state index contributed by atoms with van der Waals surface area (Å²) in [5.41, 5.74) is 13.7. The average molecular weight is 246 g/mol. The molecule has 1 atom stereocenters. The minimum atomic E-state index is 0.182. The van der Waals surface area contributed by atoms with Crippen LogP contribution in [0.1, 0.15) is 36.2 Å². The number of rotatable bonds is 4. The number of hydrogen-bond acceptors (Lipinski definition) is 5. The van der Waals surface area contributed by atoms with Crippen molar-refractivity contribution in [2.24, 2.45) is 0 Å². The van der Waals surface area contributed by atoms with Crippen molar-refractivity contribution >= 4 is 11.9 Å². The largest absolute Gasteiger partial charge is 0.368 e. The SMILES string of the molecule is CCC(Cc1c[nH]cc1C)c1nc(N)nc(N)n1. The molecule has 2 aromatic rings.